The van der Waals surface area contributed by atoms with Crippen molar-refractivity contribution in [1.29, 1.82) is 0 Å². The minimum atomic E-state index is -5.03. The predicted molar refractivity (Wildman–Crippen MR) is 135 cm³/mol. The van der Waals surface area contributed by atoms with E-state index < -0.39 is 35.2 Å². The lowest BCUT2D eigenvalue weighted by Crippen LogP contribution is -2.50. The van der Waals surface area contributed by atoms with E-state index in [2.05, 4.69) is 15.3 Å². The summed E-state index contributed by atoms with van der Waals surface area (Å²) < 4.78 is 92.9. The molecule has 40 heavy (non-hydrogen) atoms. The number of halogens is 7. The van der Waals surface area contributed by atoms with Crippen LogP contribution in [0.15, 0.2) is 42.5 Å². The van der Waals surface area contributed by atoms with E-state index in [0.29, 0.717) is 49.7 Å². The zero-order chi connectivity index (χ0) is 29.2. The van der Waals surface area contributed by atoms with Gasteiger partial charge in [0.2, 0.25) is 0 Å². The van der Waals surface area contributed by atoms with E-state index >= 15 is 0 Å². The summed E-state index contributed by atoms with van der Waals surface area (Å²) in [5, 5.41) is 2.18. The van der Waals surface area contributed by atoms with Gasteiger partial charge in [-0.15, -0.1) is 0 Å². The minimum Gasteiger partial charge on any atom is -0.353 e. The Morgan fingerprint density at radius 2 is 1.55 bits per heavy atom. The highest BCUT2D eigenvalue weighted by molar-refractivity contribution is 5.89. The molecule has 13 heteroatoms. The number of anilines is 2. The molecule has 1 aromatic heterocycles. The number of aromatic nitrogens is 2. The highest BCUT2D eigenvalue weighted by atomic mass is 19.4. The molecule has 0 atom stereocenters. The minimum absolute atomic E-state index is 0.00407. The summed E-state index contributed by atoms with van der Waals surface area (Å²) in [4.78, 5) is 25.2. The van der Waals surface area contributed by atoms with E-state index in [1.54, 1.807) is 19.1 Å². The van der Waals surface area contributed by atoms with Crippen LogP contribution in [0.3, 0.4) is 0 Å². The first-order chi connectivity index (χ1) is 18.7. The second-order valence-corrected chi connectivity index (χ2v) is 9.38. The number of carbonyl (C=O) groups is 1. The molecular formula is C27H26F7N5O. The average molecular weight is 570 g/mol. The molecule has 0 spiro atoms. The summed E-state index contributed by atoms with van der Waals surface area (Å²) in [6, 6.07) is 6.32. The number of hydrogen-bond acceptors (Lipinski definition) is 4. The predicted octanol–water partition coefficient (Wildman–Crippen LogP) is 6.47. The number of benzene rings is 2. The summed E-state index contributed by atoms with van der Waals surface area (Å²) in [7, 11) is 0. The molecule has 1 saturated heterocycles. The van der Waals surface area contributed by atoms with Crippen molar-refractivity contribution in [3.8, 4) is 0 Å². The normalized spacial score (nSPS) is 14.4. The standard InChI is InChI=1S/C27H26F7N5O/c1-3-23-22(12-17-5-4-6-20(28)11-17)24(36-16(2)35-23)38-7-9-39(10-8-38)25(40)37-21-14-18(26(29,30)31)13-19(15-21)27(32,33)34/h4-6,11,13-15H,3,7-10,12H2,1-2H3,(H,37,40). The molecule has 1 N–H and O–H groups in total. The van der Waals surface area contributed by atoms with Crippen LogP contribution in [0.1, 0.15) is 40.7 Å². The van der Waals surface area contributed by atoms with Gasteiger partial charge in [0.15, 0.2) is 0 Å². The zero-order valence-electron chi connectivity index (χ0n) is 21.6. The van der Waals surface area contributed by atoms with Crippen LogP contribution in [-0.4, -0.2) is 47.1 Å². The molecule has 2 aromatic carbocycles. The van der Waals surface area contributed by atoms with Gasteiger partial charge in [-0.2, -0.15) is 26.3 Å². The van der Waals surface area contributed by atoms with Crippen molar-refractivity contribution in [1.82, 2.24) is 14.9 Å². The fourth-order valence-corrected chi connectivity index (χ4v) is 4.57. The topological polar surface area (TPSA) is 61.4 Å². The van der Waals surface area contributed by atoms with E-state index in [4.69, 9.17) is 0 Å². The fraction of sp³-hybridized carbons (Fsp3) is 0.370. The van der Waals surface area contributed by atoms with Gasteiger partial charge in [-0.3, -0.25) is 0 Å². The Labute approximate surface area is 225 Å². The molecule has 214 valence electrons. The van der Waals surface area contributed by atoms with Crippen molar-refractivity contribution in [2.75, 3.05) is 36.4 Å². The SMILES string of the molecule is CCc1nc(C)nc(N2CCN(C(=O)Nc3cc(C(F)(F)F)cc(C(F)(F)F)c3)CC2)c1Cc1cccc(F)c1. The molecule has 1 fully saturated rings. The molecule has 3 aromatic rings. The molecule has 0 bridgehead atoms. The number of aryl methyl sites for hydroxylation is 2. The monoisotopic (exact) mass is 569 g/mol. The fourth-order valence-electron chi connectivity index (χ4n) is 4.57. The van der Waals surface area contributed by atoms with Crippen molar-refractivity contribution in [3.63, 3.8) is 0 Å². The van der Waals surface area contributed by atoms with Gasteiger partial charge in [0.1, 0.15) is 17.5 Å². The van der Waals surface area contributed by atoms with Gasteiger partial charge in [-0.1, -0.05) is 19.1 Å². The maximum Gasteiger partial charge on any atom is 0.416 e. The van der Waals surface area contributed by atoms with Crippen LogP contribution in [0.5, 0.6) is 0 Å². The first kappa shape index (κ1) is 29.1. The Balaban J connectivity index is 1.51. The Hall–Kier alpha value is -3.90. The third-order valence-corrected chi connectivity index (χ3v) is 6.49. The maximum absolute atomic E-state index is 13.8. The smallest absolute Gasteiger partial charge is 0.353 e. The van der Waals surface area contributed by atoms with Crippen LogP contribution in [0.4, 0.5) is 47.0 Å². The Bertz CT molecular complexity index is 1350. The summed E-state index contributed by atoms with van der Waals surface area (Å²) in [6.07, 6.45) is -9.06. The number of urea groups is 1. The van der Waals surface area contributed by atoms with Crippen LogP contribution < -0.4 is 10.2 Å². The van der Waals surface area contributed by atoms with Crippen molar-refractivity contribution in [2.24, 2.45) is 0 Å². The van der Waals surface area contributed by atoms with Gasteiger partial charge in [-0.05, 0) is 49.2 Å². The van der Waals surface area contributed by atoms with Gasteiger partial charge in [0.25, 0.3) is 0 Å². The van der Waals surface area contributed by atoms with Gasteiger partial charge in [0.05, 0.1) is 11.1 Å². The molecule has 0 unspecified atom stereocenters. The number of nitrogens with one attached hydrogen (secondary N) is 1. The first-order valence-corrected chi connectivity index (χ1v) is 12.5. The van der Waals surface area contributed by atoms with E-state index in [1.807, 2.05) is 11.8 Å². The molecule has 1 aliphatic heterocycles. The quantitative estimate of drug-likeness (QED) is 0.358. The number of amides is 2. The van der Waals surface area contributed by atoms with Crippen molar-refractivity contribution in [2.45, 2.75) is 39.0 Å². The van der Waals surface area contributed by atoms with Gasteiger partial charge in [-0.25, -0.2) is 19.2 Å². The van der Waals surface area contributed by atoms with E-state index in [1.165, 1.54) is 17.0 Å². The average Bonchev–Trinajstić information content (AvgIpc) is 2.88. The molecule has 6 nitrogen and oxygen atoms in total. The Kier molecular flexibility index (Phi) is 8.22. The number of hydrogen-bond donors (Lipinski definition) is 1. The molecular weight excluding hydrogens is 543 g/mol. The summed E-state index contributed by atoms with van der Waals surface area (Å²) >= 11 is 0. The third-order valence-electron chi connectivity index (χ3n) is 6.49. The van der Waals surface area contributed by atoms with Crippen molar-refractivity contribution < 1.29 is 35.5 Å². The van der Waals surface area contributed by atoms with Crippen molar-refractivity contribution in [3.05, 3.63) is 82.1 Å². The lowest BCUT2D eigenvalue weighted by molar-refractivity contribution is -0.143. The summed E-state index contributed by atoms with van der Waals surface area (Å²) in [5.41, 5.74) is -1.28. The largest absolute Gasteiger partial charge is 0.416 e. The van der Waals surface area contributed by atoms with Gasteiger partial charge >= 0.3 is 18.4 Å². The Morgan fingerprint density at radius 3 is 2.10 bits per heavy atom. The van der Waals surface area contributed by atoms with Crippen LogP contribution >= 0.6 is 0 Å². The highest BCUT2D eigenvalue weighted by Gasteiger charge is 2.37. The molecule has 2 heterocycles. The van der Waals surface area contributed by atoms with Crippen LogP contribution in [0.25, 0.3) is 0 Å². The zero-order valence-corrected chi connectivity index (χ0v) is 21.6. The maximum atomic E-state index is 13.8. The number of carbonyl (C=O) groups excluding carboxylic acids is 1. The molecule has 2 amide bonds. The molecule has 4 rings (SSSR count). The summed E-state index contributed by atoms with van der Waals surface area (Å²) in [5.74, 6) is 0.814. The lowest BCUT2D eigenvalue weighted by Gasteiger charge is -2.36. The van der Waals surface area contributed by atoms with Crippen LogP contribution in [-0.2, 0) is 25.2 Å². The Morgan fingerprint density at radius 1 is 0.925 bits per heavy atom. The molecule has 0 saturated carbocycles. The van der Waals surface area contributed by atoms with Crippen molar-refractivity contribution >= 4 is 17.5 Å². The third kappa shape index (κ3) is 6.80. The molecule has 0 radical (unpaired) electrons. The second kappa shape index (κ2) is 11.3. The molecule has 0 aliphatic carbocycles. The lowest BCUT2D eigenvalue weighted by atomic mass is 10.0. The van der Waals surface area contributed by atoms with Gasteiger partial charge in [0, 0.05) is 49.5 Å². The highest BCUT2D eigenvalue weighted by Crippen LogP contribution is 2.37. The number of rotatable bonds is 5. The number of nitrogens with zero attached hydrogens (tertiary/aromatic N) is 4. The first-order valence-electron chi connectivity index (χ1n) is 12.5. The van der Waals surface area contributed by atoms with E-state index in [9.17, 15) is 35.5 Å². The molecule has 1 aliphatic rings. The second-order valence-electron chi connectivity index (χ2n) is 9.38. The van der Waals surface area contributed by atoms with E-state index in [-0.39, 0.29) is 25.0 Å². The number of alkyl halides is 6. The number of piperazine rings is 1. The van der Waals surface area contributed by atoms with Crippen LogP contribution in [0.2, 0.25) is 0 Å². The van der Waals surface area contributed by atoms with Gasteiger partial charge < -0.3 is 15.1 Å². The summed E-state index contributed by atoms with van der Waals surface area (Å²) in [6.45, 7) is 4.59. The van der Waals surface area contributed by atoms with E-state index in [0.717, 1.165) is 16.8 Å². The van der Waals surface area contributed by atoms with Crippen LogP contribution in [0, 0.1) is 12.7 Å².